The van der Waals surface area contributed by atoms with E-state index in [4.69, 9.17) is 18.9 Å². The van der Waals surface area contributed by atoms with Gasteiger partial charge in [0.05, 0.1) is 0 Å². The largest absolute Gasteiger partial charge is 0.458 e. The predicted molar refractivity (Wildman–Crippen MR) is 102 cm³/mol. The van der Waals surface area contributed by atoms with Crippen molar-refractivity contribution in [2.75, 3.05) is 6.61 Å². The van der Waals surface area contributed by atoms with Gasteiger partial charge in [0.25, 0.3) is 0 Å². The molecule has 4 aliphatic rings. The fraction of sp³-hybridized carbons (Fsp3) is 0.727. The van der Waals surface area contributed by atoms with Crippen LogP contribution in [0.5, 0.6) is 0 Å². The molecule has 8 heteroatoms. The predicted octanol–water partition coefficient (Wildman–Crippen LogP) is 2.24. The minimum absolute atomic E-state index is 0.166. The van der Waals surface area contributed by atoms with Gasteiger partial charge in [-0.05, 0) is 51.9 Å². The molecule has 1 heterocycles. The van der Waals surface area contributed by atoms with Gasteiger partial charge < -0.3 is 18.9 Å². The Hall–Kier alpha value is -2.38. The molecule has 2 bridgehead atoms. The molecule has 0 radical (unpaired) electrons. The van der Waals surface area contributed by atoms with Crippen LogP contribution in [0.2, 0.25) is 0 Å². The third-order valence-electron chi connectivity index (χ3n) is 7.34. The van der Waals surface area contributed by atoms with Gasteiger partial charge in [0.2, 0.25) is 0 Å². The van der Waals surface area contributed by atoms with Crippen LogP contribution in [0.15, 0.2) is 12.2 Å². The molecule has 164 valence electrons. The molecular formula is C22H28O8. The fourth-order valence-electron chi connectivity index (χ4n) is 5.70. The highest BCUT2D eigenvalue weighted by atomic mass is 16.6. The molecule has 1 saturated heterocycles. The smallest absolute Gasteiger partial charge is 0.344 e. The second-order valence-electron chi connectivity index (χ2n) is 9.09. The van der Waals surface area contributed by atoms with Crippen LogP contribution in [0, 0.1) is 17.3 Å². The second-order valence-corrected chi connectivity index (χ2v) is 9.09. The van der Waals surface area contributed by atoms with E-state index in [0.717, 1.165) is 32.1 Å². The van der Waals surface area contributed by atoms with E-state index < -0.39 is 53.7 Å². The van der Waals surface area contributed by atoms with Crippen molar-refractivity contribution in [2.45, 2.75) is 76.6 Å². The lowest BCUT2D eigenvalue weighted by molar-refractivity contribution is -0.178. The fourth-order valence-corrected chi connectivity index (χ4v) is 5.70. The van der Waals surface area contributed by atoms with Crippen molar-refractivity contribution in [3.8, 4) is 0 Å². The first kappa shape index (κ1) is 20.9. The molecule has 0 spiro atoms. The summed E-state index contributed by atoms with van der Waals surface area (Å²) >= 11 is 0. The monoisotopic (exact) mass is 420 g/mol. The molecule has 3 saturated carbocycles. The number of hydrogen-bond acceptors (Lipinski definition) is 8. The Balaban J connectivity index is 1.42. The zero-order chi connectivity index (χ0) is 21.7. The minimum Gasteiger partial charge on any atom is -0.458 e. The third-order valence-corrected chi connectivity index (χ3v) is 7.34. The number of esters is 4. The lowest BCUT2D eigenvalue weighted by Gasteiger charge is -2.35. The normalized spacial score (nSPS) is 35.1. The van der Waals surface area contributed by atoms with Crippen LogP contribution in [0.1, 0.15) is 58.8 Å². The summed E-state index contributed by atoms with van der Waals surface area (Å²) in [5.41, 5.74) is -1.58. The summed E-state index contributed by atoms with van der Waals surface area (Å²) in [6.07, 6.45) is 3.92. The molecule has 4 rings (SSSR count). The van der Waals surface area contributed by atoms with Gasteiger partial charge >= 0.3 is 23.9 Å². The SMILES string of the molecule is C=C(C)C(=O)OCC(=O)OC1C2CC3C1OC(=O)C3(C(=O)OC1(CC)CCCC1)C2. The summed E-state index contributed by atoms with van der Waals surface area (Å²) in [7, 11) is 0. The van der Waals surface area contributed by atoms with Crippen molar-refractivity contribution in [2.24, 2.45) is 17.3 Å². The summed E-state index contributed by atoms with van der Waals surface area (Å²) in [6.45, 7) is 6.40. The summed E-state index contributed by atoms with van der Waals surface area (Å²) in [6, 6.07) is 0. The van der Waals surface area contributed by atoms with Gasteiger partial charge in [-0.15, -0.1) is 0 Å². The highest BCUT2D eigenvalue weighted by molar-refractivity contribution is 6.03. The maximum atomic E-state index is 13.2. The van der Waals surface area contributed by atoms with Crippen LogP contribution >= 0.6 is 0 Å². The van der Waals surface area contributed by atoms with Gasteiger partial charge in [0.1, 0.15) is 17.8 Å². The number of carbonyl (C=O) groups excluding carboxylic acids is 4. The van der Waals surface area contributed by atoms with E-state index in [1.165, 1.54) is 6.92 Å². The maximum Gasteiger partial charge on any atom is 0.344 e. The van der Waals surface area contributed by atoms with Gasteiger partial charge in [-0.3, -0.25) is 9.59 Å². The van der Waals surface area contributed by atoms with Gasteiger partial charge in [0.15, 0.2) is 12.0 Å². The molecule has 0 N–H and O–H groups in total. The number of rotatable bonds is 7. The molecule has 4 fully saturated rings. The first-order valence-electron chi connectivity index (χ1n) is 10.7. The summed E-state index contributed by atoms with van der Waals surface area (Å²) in [4.78, 5) is 49.6. The summed E-state index contributed by atoms with van der Waals surface area (Å²) in [5.74, 6) is -2.96. The molecule has 0 amide bonds. The highest BCUT2D eigenvalue weighted by Crippen LogP contribution is 2.63. The second kappa shape index (κ2) is 7.39. The van der Waals surface area contributed by atoms with Gasteiger partial charge in [-0.1, -0.05) is 13.5 Å². The first-order chi connectivity index (χ1) is 14.2. The molecule has 1 aliphatic heterocycles. The molecule has 5 atom stereocenters. The first-order valence-corrected chi connectivity index (χ1v) is 10.7. The molecule has 0 aromatic heterocycles. The molecular weight excluding hydrogens is 392 g/mol. The average Bonchev–Trinajstić information content (AvgIpc) is 3.43. The van der Waals surface area contributed by atoms with E-state index in [2.05, 4.69) is 6.58 Å². The highest BCUT2D eigenvalue weighted by Gasteiger charge is 2.75. The molecule has 3 aliphatic carbocycles. The molecule has 5 unspecified atom stereocenters. The van der Waals surface area contributed by atoms with Crippen molar-refractivity contribution in [1.82, 2.24) is 0 Å². The number of hydrogen-bond donors (Lipinski definition) is 0. The van der Waals surface area contributed by atoms with E-state index in [1.54, 1.807) is 0 Å². The van der Waals surface area contributed by atoms with Crippen molar-refractivity contribution in [3.05, 3.63) is 12.2 Å². The van der Waals surface area contributed by atoms with Gasteiger partial charge in [-0.25, -0.2) is 9.59 Å². The lowest BCUT2D eigenvalue weighted by atomic mass is 9.73. The van der Waals surface area contributed by atoms with E-state index in [-0.39, 0.29) is 23.8 Å². The van der Waals surface area contributed by atoms with Crippen LogP contribution in [0.3, 0.4) is 0 Å². The van der Waals surface area contributed by atoms with Crippen LogP contribution in [-0.2, 0) is 38.1 Å². The van der Waals surface area contributed by atoms with E-state index in [0.29, 0.717) is 6.42 Å². The minimum atomic E-state index is -1.28. The Morgan fingerprint density at radius 3 is 2.57 bits per heavy atom. The average molecular weight is 420 g/mol. The Morgan fingerprint density at radius 1 is 1.23 bits per heavy atom. The Bertz CT molecular complexity index is 795. The Labute approximate surface area is 175 Å². The number of fused-ring (bicyclic) bond motifs is 1. The summed E-state index contributed by atoms with van der Waals surface area (Å²) < 4.78 is 21.8. The van der Waals surface area contributed by atoms with Crippen LogP contribution in [0.4, 0.5) is 0 Å². The zero-order valence-electron chi connectivity index (χ0n) is 17.4. The number of carbonyl (C=O) groups is 4. The van der Waals surface area contributed by atoms with Crippen LogP contribution in [-0.4, -0.2) is 48.3 Å². The Kier molecular flexibility index (Phi) is 5.14. The molecule has 0 aromatic carbocycles. The van der Waals surface area contributed by atoms with Crippen molar-refractivity contribution in [3.63, 3.8) is 0 Å². The van der Waals surface area contributed by atoms with E-state index >= 15 is 0 Å². The maximum absolute atomic E-state index is 13.2. The van der Waals surface area contributed by atoms with Crippen LogP contribution < -0.4 is 0 Å². The molecule has 8 nitrogen and oxygen atoms in total. The van der Waals surface area contributed by atoms with Crippen LogP contribution in [0.25, 0.3) is 0 Å². The van der Waals surface area contributed by atoms with Crippen molar-refractivity contribution >= 4 is 23.9 Å². The van der Waals surface area contributed by atoms with Gasteiger partial charge in [0, 0.05) is 17.4 Å². The standard InChI is InChI=1S/C22H28O8/c1-4-21(7-5-6-8-21)30-20(26)22-10-13-9-14(22)17(29-19(22)25)16(13)28-15(23)11-27-18(24)12(2)3/h13-14,16-17H,2,4-11H2,1,3H3. The third kappa shape index (κ3) is 3.11. The quantitative estimate of drug-likeness (QED) is 0.267. The molecule has 0 aromatic rings. The zero-order valence-corrected chi connectivity index (χ0v) is 17.4. The molecule has 30 heavy (non-hydrogen) atoms. The number of ether oxygens (including phenoxy) is 4. The van der Waals surface area contributed by atoms with Gasteiger partial charge in [-0.2, -0.15) is 0 Å². The topological polar surface area (TPSA) is 105 Å². The van der Waals surface area contributed by atoms with Crippen molar-refractivity contribution < 1.29 is 38.1 Å². The lowest BCUT2D eigenvalue weighted by Crippen LogP contribution is -2.48. The Morgan fingerprint density at radius 2 is 1.93 bits per heavy atom. The van der Waals surface area contributed by atoms with E-state index in [9.17, 15) is 19.2 Å². The summed E-state index contributed by atoms with van der Waals surface area (Å²) in [5, 5.41) is 0. The van der Waals surface area contributed by atoms with E-state index in [1.807, 2.05) is 6.92 Å². The van der Waals surface area contributed by atoms with Crippen molar-refractivity contribution in [1.29, 1.82) is 0 Å².